The first-order chi connectivity index (χ1) is 13.6. The zero-order valence-electron chi connectivity index (χ0n) is 16.8. The largest absolute Gasteiger partial charge is 0.497 e. The Balaban J connectivity index is 2.22. The molecule has 2 N–H and O–H groups in total. The van der Waals surface area contributed by atoms with Crippen LogP contribution in [0.25, 0.3) is 0 Å². The van der Waals surface area contributed by atoms with Gasteiger partial charge in [0, 0.05) is 6.04 Å². The Labute approximate surface area is 170 Å². The summed E-state index contributed by atoms with van der Waals surface area (Å²) in [6.45, 7) is 3.22. The van der Waals surface area contributed by atoms with Crippen molar-refractivity contribution in [1.29, 1.82) is 0 Å². The average Bonchev–Trinajstić information content (AvgIpc) is 2.65. The van der Waals surface area contributed by atoms with Crippen molar-refractivity contribution in [2.75, 3.05) is 29.5 Å². The fourth-order valence-corrected chi connectivity index (χ4v) is 3.46. The fourth-order valence-electron chi connectivity index (χ4n) is 2.60. The summed E-state index contributed by atoms with van der Waals surface area (Å²) in [5.74, 6) is -0.334. The van der Waals surface area contributed by atoms with Crippen molar-refractivity contribution in [3.63, 3.8) is 0 Å². The van der Waals surface area contributed by atoms with Crippen molar-refractivity contribution >= 4 is 33.2 Å². The molecule has 0 aromatic heterocycles. The topological polar surface area (TPSA) is 105 Å². The van der Waals surface area contributed by atoms with Gasteiger partial charge in [0.05, 0.1) is 30.3 Å². The van der Waals surface area contributed by atoms with Crippen LogP contribution in [0.2, 0.25) is 0 Å². The van der Waals surface area contributed by atoms with Crippen LogP contribution in [0.5, 0.6) is 5.75 Å². The number of hydrogen-bond acceptors (Lipinski definition) is 5. The van der Waals surface area contributed by atoms with Crippen LogP contribution >= 0.6 is 0 Å². The summed E-state index contributed by atoms with van der Waals surface area (Å²) in [4.78, 5) is 24.9. The van der Waals surface area contributed by atoms with E-state index in [1.165, 1.54) is 7.11 Å². The predicted octanol–water partition coefficient (Wildman–Crippen LogP) is 2.24. The number of amides is 2. The summed E-state index contributed by atoms with van der Waals surface area (Å²) in [6.07, 6.45) is 1.02. The number of benzene rings is 2. The summed E-state index contributed by atoms with van der Waals surface area (Å²) in [5.41, 5.74) is 0.929. The lowest BCUT2D eigenvalue weighted by molar-refractivity contribution is -0.114. The monoisotopic (exact) mass is 419 g/mol. The summed E-state index contributed by atoms with van der Waals surface area (Å²) in [7, 11) is -2.21. The van der Waals surface area contributed by atoms with Crippen LogP contribution in [-0.4, -0.2) is 46.2 Å². The second kappa shape index (κ2) is 9.42. The number of carbonyl (C=O) groups is 2. The molecule has 2 rings (SSSR count). The first kappa shape index (κ1) is 22.2. The molecule has 156 valence electrons. The van der Waals surface area contributed by atoms with Gasteiger partial charge in [-0.15, -0.1) is 0 Å². The minimum atomic E-state index is -3.71. The molecule has 0 spiro atoms. The second-order valence-electron chi connectivity index (χ2n) is 6.69. The van der Waals surface area contributed by atoms with Crippen molar-refractivity contribution in [1.82, 2.24) is 5.32 Å². The van der Waals surface area contributed by atoms with E-state index in [1.807, 2.05) is 13.8 Å². The third-order valence-corrected chi connectivity index (χ3v) is 5.05. The second-order valence-corrected chi connectivity index (χ2v) is 8.60. The predicted molar refractivity (Wildman–Crippen MR) is 113 cm³/mol. The number of anilines is 2. The molecular formula is C20H25N3O5S. The van der Waals surface area contributed by atoms with E-state index in [0.717, 1.165) is 10.6 Å². The van der Waals surface area contributed by atoms with Gasteiger partial charge in [-0.3, -0.25) is 13.9 Å². The van der Waals surface area contributed by atoms with Crippen LogP contribution < -0.4 is 19.7 Å². The molecule has 8 nitrogen and oxygen atoms in total. The van der Waals surface area contributed by atoms with E-state index in [-0.39, 0.29) is 11.9 Å². The third kappa shape index (κ3) is 6.21. The normalized spacial score (nSPS) is 11.1. The lowest BCUT2D eigenvalue weighted by Gasteiger charge is -2.22. The molecule has 0 radical (unpaired) electrons. The number of rotatable bonds is 8. The molecule has 0 atom stereocenters. The first-order valence-corrected chi connectivity index (χ1v) is 10.8. The molecule has 0 saturated carbocycles. The van der Waals surface area contributed by atoms with Gasteiger partial charge in [-0.2, -0.15) is 0 Å². The molecule has 2 aromatic rings. The van der Waals surface area contributed by atoms with E-state index >= 15 is 0 Å². The molecular weight excluding hydrogens is 394 g/mol. The minimum absolute atomic E-state index is 0.0675. The van der Waals surface area contributed by atoms with E-state index in [0.29, 0.717) is 22.7 Å². The molecule has 0 aliphatic heterocycles. The van der Waals surface area contributed by atoms with Gasteiger partial charge in [0.15, 0.2) is 0 Å². The highest BCUT2D eigenvalue weighted by Crippen LogP contribution is 2.22. The number of nitrogens with one attached hydrogen (secondary N) is 2. The molecule has 29 heavy (non-hydrogen) atoms. The van der Waals surface area contributed by atoms with Gasteiger partial charge in [-0.1, -0.05) is 12.1 Å². The molecule has 0 unspecified atom stereocenters. The molecule has 2 aromatic carbocycles. The maximum Gasteiger partial charge on any atom is 0.253 e. The van der Waals surface area contributed by atoms with E-state index in [4.69, 9.17) is 4.74 Å². The Hall–Kier alpha value is -3.07. The van der Waals surface area contributed by atoms with Gasteiger partial charge in [-0.05, 0) is 50.2 Å². The number of methoxy groups -OCH3 is 1. The summed E-state index contributed by atoms with van der Waals surface area (Å²) in [6, 6.07) is 12.8. The van der Waals surface area contributed by atoms with E-state index in [2.05, 4.69) is 10.6 Å². The Morgan fingerprint density at radius 1 is 1.07 bits per heavy atom. The standard InChI is InChI=1S/C20H25N3O5S/c1-14(2)21-20(25)17-7-5-6-8-18(17)22-19(24)13-23(29(4,26)27)15-9-11-16(28-3)12-10-15/h5-12,14H,13H2,1-4H3,(H,21,25)(H,22,24). The Morgan fingerprint density at radius 3 is 2.24 bits per heavy atom. The van der Waals surface area contributed by atoms with Crippen LogP contribution in [0, 0.1) is 0 Å². The molecule has 0 aliphatic rings. The third-order valence-electron chi connectivity index (χ3n) is 3.91. The Bertz CT molecular complexity index is 972. The van der Waals surface area contributed by atoms with Gasteiger partial charge < -0.3 is 15.4 Å². The molecule has 0 aliphatic carbocycles. The quantitative estimate of drug-likeness (QED) is 0.683. The number of nitrogens with zero attached hydrogens (tertiary/aromatic N) is 1. The smallest absolute Gasteiger partial charge is 0.253 e. The zero-order chi connectivity index (χ0) is 21.6. The van der Waals surface area contributed by atoms with E-state index in [9.17, 15) is 18.0 Å². The van der Waals surface area contributed by atoms with Crippen LogP contribution in [0.1, 0.15) is 24.2 Å². The van der Waals surface area contributed by atoms with Gasteiger partial charge in [-0.25, -0.2) is 8.42 Å². The number of para-hydroxylation sites is 1. The highest BCUT2D eigenvalue weighted by atomic mass is 32.2. The lowest BCUT2D eigenvalue weighted by Crippen LogP contribution is -2.38. The molecule has 0 saturated heterocycles. The van der Waals surface area contributed by atoms with Crippen LogP contribution in [-0.2, 0) is 14.8 Å². The Morgan fingerprint density at radius 2 is 1.69 bits per heavy atom. The number of carbonyl (C=O) groups excluding carboxylic acids is 2. The molecule has 0 fully saturated rings. The van der Waals surface area contributed by atoms with Gasteiger partial charge in [0.2, 0.25) is 15.9 Å². The maximum atomic E-state index is 12.6. The minimum Gasteiger partial charge on any atom is -0.497 e. The number of hydrogen-bond donors (Lipinski definition) is 2. The van der Waals surface area contributed by atoms with Gasteiger partial charge in [0.1, 0.15) is 12.3 Å². The molecule has 0 heterocycles. The van der Waals surface area contributed by atoms with Crippen molar-refractivity contribution in [2.45, 2.75) is 19.9 Å². The van der Waals surface area contributed by atoms with Crippen molar-refractivity contribution in [3.8, 4) is 5.75 Å². The highest BCUT2D eigenvalue weighted by Gasteiger charge is 2.22. The van der Waals surface area contributed by atoms with Crippen molar-refractivity contribution < 1.29 is 22.7 Å². The molecule has 0 bridgehead atoms. The van der Waals surface area contributed by atoms with Crippen molar-refractivity contribution in [2.24, 2.45) is 0 Å². The van der Waals surface area contributed by atoms with E-state index in [1.54, 1.807) is 48.5 Å². The first-order valence-electron chi connectivity index (χ1n) is 8.93. The van der Waals surface area contributed by atoms with E-state index < -0.39 is 22.5 Å². The zero-order valence-corrected chi connectivity index (χ0v) is 17.6. The summed E-state index contributed by atoms with van der Waals surface area (Å²) < 4.78 is 30.5. The SMILES string of the molecule is COc1ccc(N(CC(=O)Nc2ccccc2C(=O)NC(C)C)S(C)(=O)=O)cc1. The number of sulfonamides is 1. The van der Waals surface area contributed by atoms with Crippen LogP contribution in [0.3, 0.4) is 0 Å². The van der Waals surface area contributed by atoms with Gasteiger partial charge in [0.25, 0.3) is 5.91 Å². The molecule has 2 amide bonds. The summed E-state index contributed by atoms with van der Waals surface area (Å²) >= 11 is 0. The Kier molecular flexibility index (Phi) is 7.22. The molecule has 9 heteroatoms. The highest BCUT2D eigenvalue weighted by molar-refractivity contribution is 7.92. The van der Waals surface area contributed by atoms with Crippen LogP contribution in [0.4, 0.5) is 11.4 Å². The van der Waals surface area contributed by atoms with Crippen LogP contribution in [0.15, 0.2) is 48.5 Å². The summed E-state index contributed by atoms with van der Waals surface area (Å²) in [5, 5.41) is 5.39. The maximum absolute atomic E-state index is 12.6. The average molecular weight is 420 g/mol. The fraction of sp³-hybridized carbons (Fsp3) is 0.300. The van der Waals surface area contributed by atoms with Gasteiger partial charge >= 0.3 is 0 Å². The van der Waals surface area contributed by atoms with Crippen molar-refractivity contribution in [3.05, 3.63) is 54.1 Å². The lowest BCUT2D eigenvalue weighted by atomic mass is 10.1. The number of ether oxygens (including phenoxy) is 1.